The quantitative estimate of drug-likeness (QED) is 0.761. The summed E-state index contributed by atoms with van der Waals surface area (Å²) in [6, 6.07) is 19.8. The zero-order chi connectivity index (χ0) is 13.0. The van der Waals surface area contributed by atoms with E-state index in [1.165, 1.54) is 0 Å². The van der Waals surface area contributed by atoms with Crippen LogP contribution in [0.3, 0.4) is 0 Å². The molecule has 18 heavy (non-hydrogen) atoms. The summed E-state index contributed by atoms with van der Waals surface area (Å²) in [6.07, 6.45) is 1.12. The maximum Gasteiger partial charge on any atom is 0.0636 e. The van der Waals surface area contributed by atoms with Crippen molar-refractivity contribution in [2.24, 2.45) is 0 Å². The lowest BCUT2D eigenvalue weighted by Crippen LogP contribution is -2.34. The molecule has 0 bridgehead atoms. The van der Waals surface area contributed by atoms with Crippen molar-refractivity contribution in [1.29, 1.82) is 10.8 Å². The second-order valence-corrected chi connectivity index (χ2v) is 4.42. The lowest BCUT2D eigenvalue weighted by atomic mass is 9.73. The van der Waals surface area contributed by atoms with E-state index in [0.717, 1.165) is 17.3 Å². The standard InChI is InChI=1S/C16H16N2/c1-16(15(18)12-17,13-8-4-2-5-9-13)14-10-6-3-7-11-14/h2-12,17-18H,1H3. The van der Waals surface area contributed by atoms with E-state index in [1.54, 1.807) is 0 Å². The average Bonchev–Trinajstić information content (AvgIpc) is 2.47. The van der Waals surface area contributed by atoms with Gasteiger partial charge in [0.15, 0.2) is 0 Å². The highest BCUT2D eigenvalue weighted by Crippen LogP contribution is 2.32. The smallest absolute Gasteiger partial charge is 0.0636 e. The molecule has 0 unspecified atom stereocenters. The van der Waals surface area contributed by atoms with Gasteiger partial charge in [-0.25, -0.2) is 0 Å². The van der Waals surface area contributed by atoms with Crippen LogP contribution in [-0.2, 0) is 5.41 Å². The average molecular weight is 236 g/mol. The summed E-state index contributed by atoms with van der Waals surface area (Å²) in [6.45, 7) is 1.99. The van der Waals surface area contributed by atoms with E-state index in [0.29, 0.717) is 5.71 Å². The van der Waals surface area contributed by atoms with Crippen molar-refractivity contribution < 1.29 is 0 Å². The van der Waals surface area contributed by atoms with Gasteiger partial charge in [-0.05, 0) is 18.1 Å². The molecule has 0 spiro atoms. The van der Waals surface area contributed by atoms with Crippen molar-refractivity contribution in [3.8, 4) is 0 Å². The van der Waals surface area contributed by atoms with Crippen molar-refractivity contribution in [3.63, 3.8) is 0 Å². The van der Waals surface area contributed by atoms with Gasteiger partial charge in [-0.15, -0.1) is 0 Å². The van der Waals surface area contributed by atoms with Gasteiger partial charge in [0, 0.05) is 6.21 Å². The van der Waals surface area contributed by atoms with Crippen LogP contribution in [0.25, 0.3) is 0 Å². The fraction of sp³-hybridized carbons (Fsp3) is 0.125. The molecule has 0 saturated carbocycles. The number of benzene rings is 2. The summed E-state index contributed by atoms with van der Waals surface area (Å²) >= 11 is 0. The van der Waals surface area contributed by atoms with Gasteiger partial charge in [-0.2, -0.15) is 0 Å². The molecule has 90 valence electrons. The molecule has 2 rings (SSSR count). The molecule has 2 aromatic rings. The van der Waals surface area contributed by atoms with E-state index in [4.69, 9.17) is 10.8 Å². The molecule has 0 amide bonds. The first-order valence-electron chi connectivity index (χ1n) is 5.90. The minimum Gasteiger partial charge on any atom is -0.307 e. The first-order valence-corrected chi connectivity index (χ1v) is 5.90. The molecule has 0 saturated heterocycles. The summed E-state index contributed by atoms with van der Waals surface area (Å²) in [5, 5.41) is 15.5. The summed E-state index contributed by atoms with van der Waals surface area (Å²) < 4.78 is 0. The fourth-order valence-electron chi connectivity index (χ4n) is 2.16. The molecule has 0 aliphatic heterocycles. The zero-order valence-electron chi connectivity index (χ0n) is 10.4. The van der Waals surface area contributed by atoms with Crippen LogP contribution < -0.4 is 0 Å². The van der Waals surface area contributed by atoms with Gasteiger partial charge in [0.1, 0.15) is 0 Å². The molecule has 2 nitrogen and oxygen atoms in total. The molecule has 0 aliphatic rings. The van der Waals surface area contributed by atoms with E-state index in [2.05, 4.69) is 0 Å². The van der Waals surface area contributed by atoms with Crippen LogP contribution in [0.4, 0.5) is 0 Å². The highest BCUT2D eigenvalue weighted by molar-refractivity contribution is 6.33. The van der Waals surface area contributed by atoms with Crippen LogP contribution in [0.15, 0.2) is 60.7 Å². The van der Waals surface area contributed by atoms with E-state index in [1.807, 2.05) is 67.6 Å². The van der Waals surface area contributed by atoms with Gasteiger partial charge in [0.05, 0.1) is 11.1 Å². The van der Waals surface area contributed by atoms with Crippen LogP contribution in [0, 0.1) is 10.8 Å². The Bertz CT molecular complexity index is 504. The van der Waals surface area contributed by atoms with Gasteiger partial charge in [-0.1, -0.05) is 60.7 Å². The Kier molecular flexibility index (Phi) is 3.38. The SMILES string of the molecule is CC(C(=N)C=N)(c1ccccc1)c1ccccc1. The van der Waals surface area contributed by atoms with E-state index in [-0.39, 0.29) is 0 Å². The van der Waals surface area contributed by atoms with Crippen molar-refractivity contribution in [2.45, 2.75) is 12.3 Å². The molecule has 0 fully saturated rings. The second-order valence-electron chi connectivity index (χ2n) is 4.42. The maximum atomic E-state index is 8.12. The molecule has 2 heteroatoms. The van der Waals surface area contributed by atoms with Gasteiger partial charge in [-0.3, -0.25) is 0 Å². The Morgan fingerprint density at radius 3 is 1.61 bits per heavy atom. The van der Waals surface area contributed by atoms with E-state index in [9.17, 15) is 0 Å². The first kappa shape index (κ1) is 12.2. The summed E-state index contributed by atoms with van der Waals surface area (Å²) in [4.78, 5) is 0. The topological polar surface area (TPSA) is 47.7 Å². The Balaban J connectivity index is 2.62. The lowest BCUT2D eigenvalue weighted by molar-refractivity contribution is 0.776. The predicted octanol–water partition coefficient (Wildman–Crippen LogP) is 3.66. The predicted molar refractivity (Wildman–Crippen MR) is 75.8 cm³/mol. The van der Waals surface area contributed by atoms with Crippen molar-refractivity contribution in [2.75, 3.05) is 0 Å². The minimum absolute atomic E-state index is 0.292. The van der Waals surface area contributed by atoms with Crippen LogP contribution in [0.2, 0.25) is 0 Å². The third-order valence-electron chi connectivity index (χ3n) is 3.39. The lowest BCUT2D eigenvalue weighted by Gasteiger charge is -2.30. The molecular weight excluding hydrogens is 220 g/mol. The highest BCUT2D eigenvalue weighted by Gasteiger charge is 2.32. The summed E-state index contributed by atoms with van der Waals surface area (Å²) in [7, 11) is 0. The first-order chi connectivity index (χ1) is 8.69. The van der Waals surface area contributed by atoms with Gasteiger partial charge < -0.3 is 10.8 Å². The highest BCUT2D eigenvalue weighted by atomic mass is 14.5. The van der Waals surface area contributed by atoms with E-state index >= 15 is 0 Å². The van der Waals surface area contributed by atoms with Crippen molar-refractivity contribution >= 4 is 11.9 Å². The minimum atomic E-state index is -0.565. The number of hydrogen-bond acceptors (Lipinski definition) is 2. The normalized spacial score (nSPS) is 10.9. The molecule has 0 aliphatic carbocycles. The van der Waals surface area contributed by atoms with Crippen LogP contribution in [-0.4, -0.2) is 11.9 Å². The Hall–Kier alpha value is -2.22. The van der Waals surface area contributed by atoms with Crippen LogP contribution in [0.5, 0.6) is 0 Å². The monoisotopic (exact) mass is 236 g/mol. The van der Waals surface area contributed by atoms with Crippen LogP contribution in [0.1, 0.15) is 18.1 Å². The molecule has 2 N–H and O–H groups in total. The third kappa shape index (κ3) is 1.97. The Morgan fingerprint density at radius 2 is 1.28 bits per heavy atom. The molecule has 0 aromatic heterocycles. The molecule has 0 radical (unpaired) electrons. The van der Waals surface area contributed by atoms with Crippen LogP contribution >= 0.6 is 0 Å². The largest absolute Gasteiger partial charge is 0.307 e. The van der Waals surface area contributed by atoms with Crippen molar-refractivity contribution in [1.82, 2.24) is 0 Å². The second kappa shape index (κ2) is 4.96. The number of hydrogen-bond donors (Lipinski definition) is 2. The molecule has 2 aromatic carbocycles. The van der Waals surface area contributed by atoms with Gasteiger partial charge in [0.2, 0.25) is 0 Å². The number of rotatable bonds is 4. The molecule has 0 heterocycles. The fourth-order valence-corrected chi connectivity index (χ4v) is 2.16. The van der Waals surface area contributed by atoms with Gasteiger partial charge in [0.25, 0.3) is 0 Å². The molecular formula is C16H16N2. The van der Waals surface area contributed by atoms with Crippen molar-refractivity contribution in [3.05, 3.63) is 71.8 Å². The number of nitrogens with one attached hydrogen (secondary N) is 2. The Morgan fingerprint density at radius 1 is 0.889 bits per heavy atom. The molecule has 0 atom stereocenters. The zero-order valence-corrected chi connectivity index (χ0v) is 10.4. The maximum absolute atomic E-state index is 8.12. The Labute approximate surface area is 107 Å². The summed E-state index contributed by atoms with van der Waals surface area (Å²) in [5.41, 5.74) is 1.79. The summed E-state index contributed by atoms with van der Waals surface area (Å²) in [5.74, 6) is 0. The third-order valence-corrected chi connectivity index (χ3v) is 3.39. The van der Waals surface area contributed by atoms with Gasteiger partial charge >= 0.3 is 0 Å². The van der Waals surface area contributed by atoms with E-state index < -0.39 is 5.41 Å².